The largest absolute Gasteiger partial charge is 0.464 e. The van der Waals surface area contributed by atoms with Gasteiger partial charge in [0.25, 0.3) is 0 Å². The van der Waals surface area contributed by atoms with Crippen LogP contribution in [0.5, 0.6) is 0 Å². The highest BCUT2D eigenvalue weighted by Gasteiger charge is 2.76. The van der Waals surface area contributed by atoms with Gasteiger partial charge in [-0.1, -0.05) is 17.7 Å². The Morgan fingerprint density at radius 1 is 1.00 bits per heavy atom. The summed E-state index contributed by atoms with van der Waals surface area (Å²) in [6.45, 7) is 10.7. The van der Waals surface area contributed by atoms with E-state index in [9.17, 15) is 0 Å². The Balaban J connectivity index is 1.53. The third-order valence-corrected chi connectivity index (χ3v) is 6.82. The molecule has 1 heterocycles. The van der Waals surface area contributed by atoms with E-state index in [2.05, 4.69) is 46.8 Å². The minimum Gasteiger partial charge on any atom is -0.403 e. The molecule has 22 heavy (non-hydrogen) atoms. The van der Waals surface area contributed by atoms with E-state index < -0.39 is 0 Å². The van der Waals surface area contributed by atoms with Crippen LogP contribution in [0.4, 0.5) is 0 Å². The molecule has 0 radical (unpaired) electrons. The highest BCUT2D eigenvalue weighted by Crippen LogP contribution is 2.81. The number of hydrogen-bond acceptors (Lipinski definition) is 2. The van der Waals surface area contributed by atoms with E-state index in [1.54, 1.807) is 0 Å². The Morgan fingerprint density at radius 3 is 2.05 bits per heavy atom. The molecule has 1 aromatic rings. The number of benzene rings is 1. The van der Waals surface area contributed by atoms with Crippen molar-refractivity contribution in [1.29, 1.82) is 0 Å². The van der Waals surface area contributed by atoms with E-state index in [1.165, 1.54) is 30.4 Å². The van der Waals surface area contributed by atoms with Gasteiger partial charge in [0.05, 0.1) is 11.2 Å². The Morgan fingerprint density at radius 2 is 1.55 bits per heavy atom. The molecule has 4 aliphatic rings. The van der Waals surface area contributed by atoms with Gasteiger partial charge in [-0.2, -0.15) is 0 Å². The molecular weight excluding hydrogens is 294 g/mol. The second-order valence-corrected chi connectivity index (χ2v) is 9.16. The maximum Gasteiger partial charge on any atom is 0.464 e. The van der Waals surface area contributed by atoms with Crippen molar-refractivity contribution in [2.45, 2.75) is 75.8 Å². The molecule has 0 N–H and O–H groups in total. The van der Waals surface area contributed by atoms with Gasteiger partial charge in [-0.05, 0) is 82.6 Å². The molecular formula is C18H24BClO2. The molecule has 2 bridgehead atoms. The lowest BCUT2D eigenvalue weighted by Crippen LogP contribution is -2.66. The van der Waals surface area contributed by atoms with Crippen molar-refractivity contribution in [3.8, 4) is 0 Å². The van der Waals surface area contributed by atoms with Crippen LogP contribution in [0.25, 0.3) is 0 Å². The molecule has 0 amide bonds. The average molecular weight is 319 g/mol. The Hall–Kier alpha value is -0.505. The van der Waals surface area contributed by atoms with Crippen LogP contribution in [-0.4, -0.2) is 18.3 Å². The summed E-state index contributed by atoms with van der Waals surface area (Å²) in [4.78, 5) is 0. The minimum atomic E-state index is -0.226. The van der Waals surface area contributed by atoms with E-state index in [4.69, 9.17) is 20.9 Å². The predicted molar refractivity (Wildman–Crippen MR) is 90.5 cm³/mol. The lowest BCUT2D eigenvalue weighted by Gasteiger charge is -2.71. The van der Waals surface area contributed by atoms with Crippen molar-refractivity contribution in [2.75, 3.05) is 0 Å². The fraction of sp³-hybridized carbons (Fsp3) is 0.667. The van der Waals surface area contributed by atoms with Crippen molar-refractivity contribution < 1.29 is 9.31 Å². The van der Waals surface area contributed by atoms with Crippen molar-refractivity contribution in [2.24, 2.45) is 0 Å². The van der Waals surface area contributed by atoms with Crippen LogP contribution in [0.15, 0.2) is 18.2 Å². The molecule has 4 heteroatoms. The van der Waals surface area contributed by atoms with Gasteiger partial charge in [-0.3, -0.25) is 0 Å². The summed E-state index contributed by atoms with van der Waals surface area (Å²) >= 11 is 6.09. The second-order valence-electron chi connectivity index (χ2n) is 8.72. The number of hydrogen-bond donors (Lipinski definition) is 0. The first kappa shape index (κ1) is 15.0. The second kappa shape index (κ2) is 4.12. The minimum absolute atomic E-state index is 0.0491. The maximum absolute atomic E-state index is 6.30. The van der Waals surface area contributed by atoms with Crippen molar-refractivity contribution in [1.82, 2.24) is 0 Å². The van der Waals surface area contributed by atoms with E-state index in [0.29, 0.717) is 5.41 Å². The first-order valence-corrected chi connectivity index (χ1v) is 8.59. The normalized spacial score (nSPS) is 37.6. The molecule has 0 atom stereocenters. The molecule has 3 aliphatic carbocycles. The zero-order valence-electron chi connectivity index (χ0n) is 14.1. The van der Waals surface area contributed by atoms with Crippen molar-refractivity contribution in [3.63, 3.8) is 0 Å². The summed E-state index contributed by atoms with van der Waals surface area (Å²) in [6, 6.07) is 6.31. The standard InChI is InChI=1S/C18H24BClO2/c1-12-8-13(20)6-7-14(12)17-9-18(10-17,11-17)19-21-15(2,3)16(4,5)22-19/h6-8H,9-11H2,1-5H3. The lowest BCUT2D eigenvalue weighted by atomic mass is 9.23. The Kier molecular flexibility index (Phi) is 2.82. The van der Waals surface area contributed by atoms with Gasteiger partial charge >= 0.3 is 7.12 Å². The zero-order valence-corrected chi connectivity index (χ0v) is 14.9. The van der Waals surface area contributed by atoms with Crippen LogP contribution in [0, 0.1) is 6.92 Å². The van der Waals surface area contributed by atoms with Crippen LogP contribution in [-0.2, 0) is 14.7 Å². The van der Waals surface area contributed by atoms with Gasteiger partial charge in [-0.25, -0.2) is 0 Å². The molecule has 118 valence electrons. The SMILES string of the molecule is Cc1cc(Cl)ccc1C12CC(B3OC(C)(C)C(C)(C)O3)(C1)C2. The van der Waals surface area contributed by atoms with E-state index in [0.717, 1.165) is 5.02 Å². The Bertz CT molecular complexity index is 617. The van der Waals surface area contributed by atoms with E-state index in [-0.39, 0.29) is 23.6 Å². The van der Waals surface area contributed by atoms with Crippen LogP contribution in [0.2, 0.25) is 10.3 Å². The molecule has 0 aromatic heterocycles. The predicted octanol–water partition coefficient (Wildman–Crippen LogP) is 4.92. The Labute approximate surface area is 138 Å². The highest BCUT2D eigenvalue weighted by molar-refractivity contribution is 6.51. The molecule has 1 aliphatic heterocycles. The molecule has 2 nitrogen and oxygen atoms in total. The van der Waals surface area contributed by atoms with Crippen molar-refractivity contribution >= 4 is 18.7 Å². The summed E-state index contributed by atoms with van der Waals surface area (Å²) in [7, 11) is -0.0491. The van der Waals surface area contributed by atoms with Gasteiger partial charge in [0.15, 0.2) is 0 Å². The first-order chi connectivity index (χ1) is 10.1. The van der Waals surface area contributed by atoms with Crippen molar-refractivity contribution in [3.05, 3.63) is 34.3 Å². The average Bonchev–Trinajstić information content (AvgIpc) is 2.47. The summed E-state index contributed by atoms with van der Waals surface area (Å²) in [5.41, 5.74) is 2.68. The molecule has 5 rings (SSSR count). The van der Waals surface area contributed by atoms with Gasteiger partial charge in [0.2, 0.25) is 0 Å². The molecule has 0 spiro atoms. The fourth-order valence-electron chi connectivity index (χ4n) is 4.72. The number of rotatable bonds is 2. The van der Waals surface area contributed by atoms with E-state index in [1.807, 2.05) is 6.07 Å². The van der Waals surface area contributed by atoms with Gasteiger partial charge in [0.1, 0.15) is 0 Å². The quantitative estimate of drug-likeness (QED) is 0.721. The third-order valence-electron chi connectivity index (χ3n) is 6.58. The summed E-state index contributed by atoms with van der Waals surface area (Å²) in [5, 5.41) is 1.06. The zero-order chi connectivity index (χ0) is 16.0. The summed E-state index contributed by atoms with van der Waals surface area (Å²) in [6.07, 6.45) is 3.54. The number of halogens is 1. The first-order valence-electron chi connectivity index (χ1n) is 8.22. The third kappa shape index (κ3) is 1.76. The fourth-order valence-corrected chi connectivity index (χ4v) is 4.94. The van der Waals surface area contributed by atoms with Gasteiger partial charge in [-0.15, -0.1) is 0 Å². The van der Waals surface area contributed by atoms with Gasteiger partial charge < -0.3 is 9.31 Å². The number of aryl methyl sites for hydroxylation is 1. The molecule has 0 unspecified atom stereocenters. The summed E-state index contributed by atoms with van der Waals surface area (Å²) < 4.78 is 12.6. The smallest absolute Gasteiger partial charge is 0.403 e. The van der Waals surface area contributed by atoms with Gasteiger partial charge in [0, 0.05) is 10.3 Å². The molecule has 1 aromatic carbocycles. The molecule has 3 saturated carbocycles. The van der Waals surface area contributed by atoms with Crippen LogP contribution in [0.3, 0.4) is 0 Å². The maximum atomic E-state index is 6.30. The molecule has 1 saturated heterocycles. The lowest BCUT2D eigenvalue weighted by molar-refractivity contribution is -0.0387. The monoisotopic (exact) mass is 318 g/mol. The van der Waals surface area contributed by atoms with Crippen LogP contribution < -0.4 is 0 Å². The highest BCUT2D eigenvalue weighted by atomic mass is 35.5. The van der Waals surface area contributed by atoms with Crippen LogP contribution >= 0.6 is 11.6 Å². The molecule has 4 fully saturated rings. The summed E-state index contributed by atoms with van der Waals surface area (Å²) in [5.74, 6) is 0. The topological polar surface area (TPSA) is 18.5 Å². The van der Waals surface area contributed by atoms with E-state index >= 15 is 0 Å². The van der Waals surface area contributed by atoms with Crippen LogP contribution in [0.1, 0.15) is 58.1 Å².